The van der Waals surface area contributed by atoms with Crippen molar-refractivity contribution >= 4 is 21.9 Å². The molecule has 0 aliphatic rings. The quantitative estimate of drug-likeness (QED) is 0.908. The topological polar surface area (TPSA) is 72.3 Å². The van der Waals surface area contributed by atoms with Gasteiger partial charge in [0.1, 0.15) is 12.2 Å². The fourth-order valence-electron chi connectivity index (χ4n) is 1.83. The van der Waals surface area contributed by atoms with Crippen LogP contribution in [0.3, 0.4) is 0 Å². The molecule has 1 unspecified atom stereocenters. The normalized spacial score (nSPS) is 11.9. The lowest BCUT2D eigenvalue weighted by Gasteiger charge is -2.12. The monoisotopic (exact) mass is 336 g/mol. The van der Waals surface area contributed by atoms with Crippen molar-refractivity contribution in [3.05, 3.63) is 52.4 Å². The Kier molecular flexibility index (Phi) is 4.68. The molecule has 6 heteroatoms. The number of carboxylic acid groups (broad SMARTS) is 1. The third kappa shape index (κ3) is 3.54. The van der Waals surface area contributed by atoms with Gasteiger partial charge in [-0.2, -0.15) is 0 Å². The average Bonchev–Trinajstić information content (AvgIpc) is 2.46. The van der Waals surface area contributed by atoms with Crippen LogP contribution in [0.1, 0.15) is 17.2 Å². The molecule has 1 heterocycles. The first kappa shape index (κ1) is 14.5. The number of benzene rings is 1. The van der Waals surface area contributed by atoms with Gasteiger partial charge in [0, 0.05) is 10.5 Å². The number of halogens is 1. The fraction of sp³-hybridized carbons (Fsp3) is 0.214. The van der Waals surface area contributed by atoms with E-state index in [-0.39, 0.29) is 0 Å². The van der Waals surface area contributed by atoms with Gasteiger partial charge in [0.2, 0.25) is 5.88 Å². The van der Waals surface area contributed by atoms with Gasteiger partial charge >= 0.3 is 5.97 Å². The molecule has 0 aliphatic carbocycles. The molecule has 0 radical (unpaired) electrons. The molecule has 2 rings (SSSR count). The van der Waals surface area contributed by atoms with Crippen molar-refractivity contribution < 1.29 is 14.6 Å². The predicted molar refractivity (Wildman–Crippen MR) is 76.8 cm³/mol. The Labute approximate surface area is 124 Å². The summed E-state index contributed by atoms with van der Waals surface area (Å²) < 4.78 is 5.96. The summed E-state index contributed by atoms with van der Waals surface area (Å²) >= 11 is 3.35. The van der Waals surface area contributed by atoms with Crippen molar-refractivity contribution in [2.75, 3.05) is 7.11 Å². The Balaban J connectivity index is 2.26. The van der Waals surface area contributed by atoms with E-state index >= 15 is 0 Å². The zero-order valence-corrected chi connectivity index (χ0v) is 12.4. The Bertz CT molecular complexity index is 602. The molecule has 1 aromatic carbocycles. The van der Waals surface area contributed by atoms with Gasteiger partial charge in [-0.25, -0.2) is 9.97 Å². The predicted octanol–water partition coefficient (Wildman–Crippen LogP) is 2.66. The lowest BCUT2D eigenvalue weighted by atomic mass is 9.96. The maximum Gasteiger partial charge on any atom is 0.312 e. The Hall–Kier alpha value is -1.95. The summed E-state index contributed by atoms with van der Waals surface area (Å²) in [6.45, 7) is 0. The molecule has 20 heavy (non-hydrogen) atoms. The van der Waals surface area contributed by atoms with Gasteiger partial charge in [0.25, 0.3) is 0 Å². The molecular weight excluding hydrogens is 324 g/mol. The minimum atomic E-state index is -0.923. The van der Waals surface area contributed by atoms with Crippen LogP contribution in [-0.2, 0) is 11.2 Å². The maximum atomic E-state index is 11.5. The highest BCUT2D eigenvalue weighted by atomic mass is 79.9. The molecule has 104 valence electrons. The molecule has 0 aliphatic heterocycles. The van der Waals surface area contributed by atoms with E-state index in [1.165, 1.54) is 13.4 Å². The number of aromatic nitrogens is 2. The Morgan fingerprint density at radius 2 is 2.05 bits per heavy atom. The van der Waals surface area contributed by atoms with Crippen LogP contribution < -0.4 is 4.74 Å². The first-order chi connectivity index (χ1) is 9.60. The summed E-state index contributed by atoms with van der Waals surface area (Å²) in [7, 11) is 1.48. The standard InChI is InChI=1S/C14H13BrN2O3/c1-20-13-7-12(16-8-17-13)11(14(18)19)6-9-2-4-10(15)5-3-9/h2-5,7-8,11H,6H2,1H3,(H,18,19). The van der Waals surface area contributed by atoms with Gasteiger partial charge in [0.15, 0.2) is 0 Å². The van der Waals surface area contributed by atoms with E-state index in [0.717, 1.165) is 10.0 Å². The van der Waals surface area contributed by atoms with Crippen LogP contribution >= 0.6 is 15.9 Å². The molecule has 2 aromatic rings. The van der Waals surface area contributed by atoms with Crippen molar-refractivity contribution in [3.63, 3.8) is 0 Å². The second-order valence-electron chi connectivity index (χ2n) is 4.21. The van der Waals surface area contributed by atoms with E-state index in [1.54, 1.807) is 6.07 Å². The number of carboxylic acids is 1. The van der Waals surface area contributed by atoms with Crippen LogP contribution in [0.15, 0.2) is 41.1 Å². The molecule has 1 N–H and O–H groups in total. The van der Waals surface area contributed by atoms with Gasteiger partial charge in [-0.1, -0.05) is 28.1 Å². The number of methoxy groups -OCH3 is 1. The van der Waals surface area contributed by atoms with E-state index in [0.29, 0.717) is 18.0 Å². The SMILES string of the molecule is COc1cc(C(Cc2ccc(Br)cc2)C(=O)O)ncn1. The third-order valence-corrected chi connectivity index (χ3v) is 3.41. The van der Waals surface area contributed by atoms with Gasteiger partial charge < -0.3 is 9.84 Å². The van der Waals surface area contributed by atoms with Crippen molar-refractivity contribution in [1.82, 2.24) is 9.97 Å². The Morgan fingerprint density at radius 1 is 1.35 bits per heavy atom. The number of hydrogen-bond acceptors (Lipinski definition) is 4. The number of rotatable bonds is 5. The zero-order chi connectivity index (χ0) is 14.5. The molecule has 5 nitrogen and oxygen atoms in total. The van der Waals surface area contributed by atoms with Crippen LogP contribution in [0.5, 0.6) is 5.88 Å². The summed E-state index contributed by atoms with van der Waals surface area (Å²) in [4.78, 5) is 19.4. The molecule has 0 fully saturated rings. The van der Waals surface area contributed by atoms with Crippen LogP contribution in [-0.4, -0.2) is 28.2 Å². The maximum absolute atomic E-state index is 11.5. The van der Waals surface area contributed by atoms with Crippen molar-refractivity contribution in [1.29, 1.82) is 0 Å². The summed E-state index contributed by atoms with van der Waals surface area (Å²) in [5.41, 5.74) is 1.37. The molecule has 0 saturated heterocycles. The molecule has 0 spiro atoms. The highest BCUT2D eigenvalue weighted by Gasteiger charge is 2.22. The molecule has 0 saturated carbocycles. The first-order valence-corrected chi connectivity index (χ1v) is 6.72. The smallest absolute Gasteiger partial charge is 0.312 e. The average molecular weight is 337 g/mol. The summed E-state index contributed by atoms with van der Waals surface area (Å²) in [5, 5.41) is 9.40. The van der Waals surface area contributed by atoms with Crippen LogP contribution in [0.2, 0.25) is 0 Å². The molecule has 1 atom stereocenters. The highest BCUT2D eigenvalue weighted by molar-refractivity contribution is 9.10. The van der Waals surface area contributed by atoms with E-state index in [2.05, 4.69) is 25.9 Å². The van der Waals surface area contributed by atoms with Crippen LogP contribution in [0.25, 0.3) is 0 Å². The fourth-order valence-corrected chi connectivity index (χ4v) is 2.09. The second kappa shape index (κ2) is 6.47. The number of nitrogens with zero attached hydrogens (tertiary/aromatic N) is 2. The van der Waals surface area contributed by atoms with Crippen LogP contribution in [0, 0.1) is 0 Å². The Morgan fingerprint density at radius 3 is 2.65 bits per heavy atom. The minimum absolute atomic E-state index is 0.358. The number of aliphatic carboxylic acids is 1. The summed E-state index contributed by atoms with van der Waals surface area (Å²) in [6.07, 6.45) is 1.68. The van der Waals surface area contributed by atoms with E-state index < -0.39 is 11.9 Å². The van der Waals surface area contributed by atoms with Gasteiger partial charge in [-0.15, -0.1) is 0 Å². The van der Waals surface area contributed by atoms with E-state index in [9.17, 15) is 9.90 Å². The van der Waals surface area contributed by atoms with Crippen molar-refractivity contribution in [2.45, 2.75) is 12.3 Å². The number of carbonyl (C=O) groups is 1. The van der Waals surface area contributed by atoms with E-state index in [4.69, 9.17) is 4.74 Å². The summed E-state index contributed by atoms with van der Waals surface area (Å²) in [5.74, 6) is -1.29. The second-order valence-corrected chi connectivity index (χ2v) is 5.12. The minimum Gasteiger partial charge on any atom is -0.481 e. The molecular formula is C14H13BrN2O3. The largest absolute Gasteiger partial charge is 0.481 e. The molecule has 0 amide bonds. The van der Waals surface area contributed by atoms with Gasteiger partial charge in [0.05, 0.1) is 12.8 Å². The first-order valence-electron chi connectivity index (χ1n) is 5.93. The third-order valence-electron chi connectivity index (χ3n) is 2.88. The van der Waals surface area contributed by atoms with Gasteiger partial charge in [-0.05, 0) is 24.1 Å². The number of hydrogen-bond donors (Lipinski definition) is 1. The lowest BCUT2D eigenvalue weighted by Crippen LogP contribution is -2.16. The van der Waals surface area contributed by atoms with E-state index in [1.807, 2.05) is 24.3 Å². The van der Waals surface area contributed by atoms with Crippen molar-refractivity contribution in [3.8, 4) is 5.88 Å². The summed E-state index contributed by atoms with van der Waals surface area (Å²) in [6, 6.07) is 9.10. The molecule has 1 aromatic heterocycles. The van der Waals surface area contributed by atoms with Gasteiger partial charge in [-0.3, -0.25) is 4.79 Å². The number of ether oxygens (including phenoxy) is 1. The molecule has 0 bridgehead atoms. The zero-order valence-electron chi connectivity index (χ0n) is 10.8. The van der Waals surface area contributed by atoms with Crippen LogP contribution in [0.4, 0.5) is 0 Å². The van der Waals surface area contributed by atoms with Crippen molar-refractivity contribution in [2.24, 2.45) is 0 Å². The highest BCUT2D eigenvalue weighted by Crippen LogP contribution is 2.22. The lowest BCUT2D eigenvalue weighted by molar-refractivity contribution is -0.138.